The van der Waals surface area contributed by atoms with Gasteiger partial charge in [-0.1, -0.05) is 44.8 Å². The van der Waals surface area contributed by atoms with Gasteiger partial charge in [0.1, 0.15) is 4.32 Å². The minimum absolute atomic E-state index is 1.07. The molecule has 0 aliphatic carbocycles. The summed E-state index contributed by atoms with van der Waals surface area (Å²) in [5.74, 6) is 1.09. The molecule has 0 bridgehead atoms. The summed E-state index contributed by atoms with van der Waals surface area (Å²) in [6.07, 6.45) is 2.37. The molecule has 0 saturated heterocycles. The third-order valence-corrected chi connectivity index (χ3v) is 2.92. The molecule has 3 heteroatoms. The van der Waals surface area contributed by atoms with Crippen LogP contribution in [0.2, 0.25) is 0 Å². The largest absolute Gasteiger partial charge is 0.358 e. The summed E-state index contributed by atoms with van der Waals surface area (Å²) >= 11 is 7.07. The van der Waals surface area contributed by atoms with Crippen molar-refractivity contribution in [3.8, 4) is 0 Å². The molecule has 0 saturated carbocycles. The number of thioether (sulfide) groups is 1. The molecule has 0 aromatic carbocycles. The van der Waals surface area contributed by atoms with Crippen LogP contribution in [-0.2, 0) is 0 Å². The average Bonchev–Trinajstić information content (AvgIpc) is 2.04. The van der Waals surface area contributed by atoms with E-state index in [9.17, 15) is 0 Å². The molecule has 0 fully saturated rings. The molecule has 0 heterocycles. The summed E-state index contributed by atoms with van der Waals surface area (Å²) in [6.45, 7) is 8.76. The Bertz CT molecular complexity index is 120. The van der Waals surface area contributed by atoms with Gasteiger partial charge in [0.25, 0.3) is 0 Å². The molecule has 0 aromatic rings. The van der Waals surface area contributed by atoms with Crippen molar-refractivity contribution in [2.24, 2.45) is 0 Å². The molecular weight excluding hydrogens is 186 g/mol. The van der Waals surface area contributed by atoms with E-state index in [0.29, 0.717) is 0 Å². The fourth-order valence-electron chi connectivity index (χ4n) is 1.05. The lowest BCUT2D eigenvalue weighted by Crippen LogP contribution is -2.29. The van der Waals surface area contributed by atoms with Crippen molar-refractivity contribution < 1.29 is 0 Å². The van der Waals surface area contributed by atoms with E-state index < -0.39 is 0 Å². The van der Waals surface area contributed by atoms with E-state index in [1.54, 1.807) is 11.8 Å². The maximum absolute atomic E-state index is 5.29. The molecule has 0 spiro atoms. The molecule has 12 heavy (non-hydrogen) atoms. The van der Waals surface area contributed by atoms with Crippen LogP contribution in [0.15, 0.2) is 0 Å². The topological polar surface area (TPSA) is 3.24 Å². The third kappa shape index (κ3) is 4.99. The first-order valence-electron chi connectivity index (χ1n) is 4.67. The number of hydrogen-bond acceptors (Lipinski definition) is 2. The van der Waals surface area contributed by atoms with Crippen LogP contribution in [0.1, 0.15) is 33.6 Å². The molecule has 0 aliphatic heterocycles. The SMILES string of the molecule is CCCN(CCC)C(=S)SCC. The second kappa shape index (κ2) is 7.87. The van der Waals surface area contributed by atoms with Gasteiger partial charge in [0, 0.05) is 13.1 Å². The zero-order valence-electron chi connectivity index (χ0n) is 8.30. The van der Waals surface area contributed by atoms with Crippen LogP contribution < -0.4 is 0 Å². The van der Waals surface area contributed by atoms with E-state index in [4.69, 9.17) is 12.2 Å². The van der Waals surface area contributed by atoms with E-state index in [2.05, 4.69) is 25.7 Å². The molecule has 0 aromatic heterocycles. The Kier molecular flexibility index (Phi) is 8.02. The van der Waals surface area contributed by atoms with Crippen molar-refractivity contribution in [1.82, 2.24) is 4.90 Å². The van der Waals surface area contributed by atoms with E-state index in [1.165, 1.54) is 12.8 Å². The van der Waals surface area contributed by atoms with Gasteiger partial charge in [-0.2, -0.15) is 0 Å². The van der Waals surface area contributed by atoms with Crippen molar-refractivity contribution in [2.75, 3.05) is 18.8 Å². The van der Waals surface area contributed by atoms with Crippen LogP contribution in [-0.4, -0.2) is 28.1 Å². The summed E-state index contributed by atoms with van der Waals surface area (Å²) in [5.41, 5.74) is 0. The monoisotopic (exact) mass is 205 g/mol. The van der Waals surface area contributed by atoms with Crippen molar-refractivity contribution in [2.45, 2.75) is 33.6 Å². The molecule has 0 radical (unpaired) electrons. The summed E-state index contributed by atoms with van der Waals surface area (Å²) in [6, 6.07) is 0. The van der Waals surface area contributed by atoms with Crippen molar-refractivity contribution in [1.29, 1.82) is 0 Å². The van der Waals surface area contributed by atoms with Crippen LogP contribution in [0.3, 0.4) is 0 Å². The van der Waals surface area contributed by atoms with Gasteiger partial charge in [-0.25, -0.2) is 0 Å². The van der Waals surface area contributed by atoms with Crippen molar-refractivity contribution in [3.63, 3.8) is 0 Å². The number of thiocarbonyl (C=S) groups is 1. The summed E-state index contributed by atoms with van der Waals surface area (Å²) < 4.78 is 1.07. The summed E-state index contributed by atoms with van der Waals surface area (Å²) in [7, 11) is 0. The predicted octanol–water partition coefficient (Wildman–Crippen LogP) is 3.15. The van der Waals surface area contributed by atoms with E-state index in [0.717, 1.165) is 23.2 Å². The smallest absolute Gasteiger partial charge is 0.136 e. The Labute approximate surface area is 85.9 Å². The fourth-order valence-corrected chi connectivity index (χ4v) is 2.20. The fraction of sp³-hybridized carbons (Fsp3) is 0.889. The molecule has 72 valence electrons. The maximum Gasteiger partial charge on any atom is 0.136 e. The van der Waals surface area contributed by atoms with Gasteiger partial charge in [-0.3, -0.25) is 0 Å². The predicted molar refractivity (Wildman–Crippen MR) is 62.9 cm³/mol. The van der Waals surface area contributed by atoms with Gasteiger partial charge < -0.3 is 4.90 Å². The molecule has 0 N–H and O–H groups in total. The van der Waals surface area contributed by atoms with E-state index in [-0.39, 0.29) is 0 Å². The van der Waals surface area contributed by atoms with Crippen LogP contribution in [0.5, 0.6) is 0 Å². The first kappa shape index (κ1) is 12.2. The third-order valence-electron chi connectivity index (χ3n) is 1.51. The van der Waals surface area contributed by atoms with Gasteiger partial charge in [-0.15, -0.1) is 0 Å². The first-order valence-corrected chi connectivity index (χ1v) is 6.07. The van der Waals surface area contributed by atoms with Gasteiger partial charge >= 0.3 is 0 Å². The minimum Gasteiger partial charge on any atom is -0.358 e. The Hall–Kier alpha value is 0.240. The van der Waals surface area contributed by atoms with Gasteiger partial charge in [0.2, 0.25) is 0 Å². The average molecular weight is 205 g/mol. The van der Waals surface area contributed by atoms with Gasteiger partial charge in [-0.05, 0) is 18.6 Å². The summed E-state index contributed by atoms with van der Waals surface area (Å²) in [5, 5.41) is 0. The molecule has 0 atom stereocenters. The normalized spacial score (nSPS) is 9.92. The highest BCUT2D eigenvalue weighted by Crippen LogP contribution is 2.09. The zero-order valence-corrected chi connectivity index (χ0v) is 9.93. The second-order valence-corrected chi connectivity index (χ2v) is 4.58. The van der Waals surface area contributed by atoms with Crippen molar-refractivity contribution in [3.05, 3.63) is 0 Å². The van der Waals surface area contributed by atoms with Gasteiger partial charge in [0.15, 0.2) is 0 Å². The molecule has 0 aliphatic rings. The molecule has 0 amide bonds. The van der Waals surface area contributed by atoms with Crippen molar-refractivity contribution >= 4 is 28.3 Å². The Balaban J connectivity index is 3.81. The highest BCUT2D eigenvalue weighted by molar-refractivity contribution is 8.22. The Morgan fingerprint density at radius 3 is 2.00 bits per heavy atom. The first-order chi connectivity index (χ1) is 5.76. The maximum atomic E-state index is 5.29. The van der Waals surface area contributed by atoms with E-state index >= 15 is 0 Å². The Morgan fingerprint density at radius 1 is 1.17 bits per heavy atom. The lowest BCUT2D eigenvalue weighted by Gasteiger charge is -2.23. The minimum atomic E-state index is 1.07. The van der Waals surface area contributed by atoms with Crippen LogP contribution >= 0.6 is 24.0 Å². The molecule has 1 nitrogen and oxygen atoms in total. The number of rotatable bonds is 5. The quantitative estimate of drug-likeness (QED) is 0.635. The number of hydrogen-bond donors (Lipinski definition) is 0. The molecule has 0 unspecified atom stereocenters. The zero-order chi connectivity index (χ0) is 9.40. The van der Waals surface area contributed by atoms with Crippen LogP contribution in [0, 0.1) is 0 Å². The Morgan fingerprint density at radius 2 is 1.67 bits per heavy atom. The van der Waals surface area contributed by atoms with E-state index in [1.807, 2.05) is 0 Å². The highest BCUT2D eigenvalue weighted by atomic mass is 32.2. The second-order valence-electron chi connectivity index (χ2n) is 2.69. The highest BCUT2D eigenvalue weighted by Gasteiger charge is 2.05. The lowest BCUT2D eigenvalue weighted by atomic mass is 10.4. The standard InChI is InChI=1S/C9H19NS2/c1-4-7-10(8-5-2)9(11)12-6-3/h4-8H2,1-3H3. The van der Waals surface area contributed by atoms with Gasteiger partial charge in [0.05, 0.1) is 0 Å². The summed E-state index contributed by atoms with van der Waals surface area (Å²) in [4.78, 5) is 2.31. The van der Waals surface area contributed by atoms with Crippen LogP contribution in [0.4, 0.5) is 0 Å². The van der Waals surface area contributed by atoms with Crippen LogP contribution in [0.25, 0.3) is 0 Å². The molecular formula is C9H19NS2. The molecule has 0 rings (SSSR count). The number of nitrogens with zero attached hydrogens (tertiary/aromatic N) is 1. The lowest BCUT2D eigenvalue weighted by molar-refractivity contribution is 0.430.